The van der Waals surface area contributed by atoms with Crippen LogP contribution in [0.5, 0.6) is 5.75 Å². The maximum Gasteiger partial charge on any atom is 0.132 e. The summed E-state index contributed by atoms with van der Waals surface area (Å²) in [6.07, 6.45) is 2.70. The molecule has 3 heteroatoms. The van der Waals surface area contributed by atoms with Crippen LogP contribution in [0.1, 0.15) is 51.7 Å². The first-order valence-corrected chi connectivity index (χ1v) is 7.10. The Kier molecular flexibility index (Phi) is 4.46. The largest absolute Gasteiger partial charge is 0.490 e. The lowest BCUT2D eigenvalue weighted by Crippen LogP contribution is -2.28. The summed E-state index contributed by atoms with van der Waals surface area (Å²) in [4.78, 5) is 0. The minimum Gasteiger partial charge on any atom is -0.490 e. The molecule has 3 atom stereocenters. The third kappa shape index (κ3) is 3.69. The number of benzene rings is 1. The lowest BCUT2D eigenvalue weighted by molar-refractivity contribution is 0.101. The fourth-order valence-electron chi connectivity index (χ4n) is 3.08. The molecule has 19 heavy (non-hydrogen) atoms. The minimum atomic E-state index is -0.788. The molecule has 3 unspecified atom stereocenters. The highest BCUT2D eigenvalue weighted by Gasteiger charge is 2.25. The molecule has 0 bridgehead atoms. The Labute approximate surface area is 114 Å². The zero-order valence-electron chi connectivity index (χ0n) is 11.9. The monoisotopic (exact) mass is 266 g/mol. The highest BCUT2D eigenvalue weighted by molar-refractivity contribution is 5.30. The lowest BCUT2D eigenvalue weighted by Gasteiger charge is -2.31. The van der Waals surface area contributed by atoms with E-state index in [-0.39, 0.29) is 6.10 Å². The predicted octanol–water partition coefficient (Wildman–Crippen LogP) is 4.08. The summed E-state index contributed by atoms with van der Waals surface area (Å²) < 4.78 is 19.7. The second kappa shape index (κ2) is 5.91. The summed E-state index contributed by atoms with van der Waals surface area (Å²) in [5.41, 5.74) is 0.317. The van der Waals surface area contributed by atoms with Crippen molar-refractivity contribution in [1.29, 1.82) is 0 Å². The van der Waals surface area contributed by atoms with Crippen LogP contribution in [0.4, 0.5) is 4.39 Å². The molecular formula is C16H23FO2. The first-order chi connectivity index (χ1) is 8.95. The Morgan fingerprint density at radius 3 is 2.37 bits per heavy atom. The maximum absolute atomic E-state index is 13.8. The van der Waals surface area contributed by atoms with Crippen LogP contribution >= 0.6 is 0 Å². The number of hydrogen-bond donors (Lipinski definition) is 1. The van der Waals surface area contributed by atoms with Gasteiger partial charge in [-0.2, -0.15) is 0 Å². The van der Waals surface area contributed by atoms with Gasteiger partial charge in [-0.05, 0) is 50.2 Å². The fraction of sp³-hybridized carbons (Fsp3) is 0.625. The summed E-state index contributed by atoms with van der Waals surface area (Å²) in [6.45, 7) is 6.04. The Morgan fingerprint density at radius 2 is 1.84 bits per heavy atom. The van der Waals surface area contributed by atoms with Crippen molar-refractivity contribution in [1.82, 2.24) is 0 Å². The van der Waals surface area contributed by atoms with Crippen molar-refractivity contribution in [3.05, 3.63) is 29.6 Å². The molecule has 0 aromatic heterocycles. The molecule has 106 valence electrons. The van der Waals surface area contributed by atoms with Crippen LogP contribution < -0.4 is 4.74 Å². The molecular weight excluding hydrogens is 243 g/mol. The van der Waals surface area contributed by atoms with Gasteiger partial charge in [0.15, 0.2) is 0 Å². The van der Waals surface area contributed by atoms with Gasteiger partial charge in [0.1, 0.15) is 11.6 Å². The van der Waals surface area contributed by atoms with Crippen LogP contribution in [0.25, 0.3) is 0 Å². The first-order valence-electron chi connectivity index (χ1n) is 7.10. The van der Waals surface area contributed by atoms with Gasteiger partial charge in [-0.3, -0.25) is 0 Å². The number of hydrogen-bond acceptors (Lipinski definition) is 2. The fourth-order valence-corrected chi connectivity index (χ4v) is 3.08. The number of ether oxygens (including phenoxy) is 1. The first kappa shape index (κ1) is 14.3. The van der Waals surface area contributed by atoms with Gasteiger partial charge in [-0.25, -0.2) is 4.39 Å². The normalized spacial score (nSPS) is 29.0. The van der Waals surface area contributed by atoms with E-state index in [0.29, 0.717) is 23.1 Å². The van der Waals surface area contributed by atoms with E-state index in [9.17, 15) is 9.50 Å². The third-order valence-corrected chi connectivity index (χ3v) is 3.86. The van der Waals surface area contributed by atoms with Gasteiger partial charge >= 0.3 is 0 Å². The summed E-state index contributed by atoms with van der Waals surface area (Å²) >= 11 is 0. The summed E-state index contributed by atoms with van der Waals surface area (Å²) in [5.74, 6) is 1.49. The van der Waals surface area contributed by atoms with Gasteiger partial charge in [-0.1, -0.05) is 13.8 Å². The van der Waals surface area contributed by atoms with Crippen LogP contribution in [-0.2, 0) is 0 Å². The van der Waals surface area contributed by atoms with Gasteiger partial charge in [-0.15, -0.1) is 0 Å². The van der Waals surface area contributed by atoms with E-state index >= 15 is 0 Å². The summed E-state index contributed by atoms with van der Waals surface area (Å²) in [6, 6.07) is 4.73. The van der Waals surface area contributed by atoms with Gasteiger partial charge in [0.2, 0.25) is 0 Å². The third-order valence-electron chi connectivity index (χ3n) is 3.86. The molecule has 0 spiro atoms. The Balaban J connectivity index is 2.05. The van der Waals surface area contributed by atoms with Crippen molar-refractivity contribution < 1.29 is 14.2 Å². The molecule has 1 aliphatic rings. The second-order valence-electron chi connectivity index (χ2n) is 6.02. The zero-order valence-corrected chi connectivity index (χ0v) is 11.9. The maximum atomic E-state index is 13.8. The van der Waals surface area contributed by atoms with Crippen LogP contribution in [0.2, 0.25) is 0 Å². The van der Waals surface area contributed by atoms with Crippen molar-refractivity contribution in [3.63, 3.8) is 0 Å². The molecule has 2 nitrogen and oxygen atoms in total. The van der Waals surface area contributed by atoms with Crippen LogP contribution in [0, 0.1) is 17.7 Å². The highest BCUT2D eigenvalue weighted by Crippen LogP contribution is 2.32. The van der Waals surface area contributed by atoms with E-state index in [1.807, 2.05) is 0 Å². The molecule has 1 aromatic carbocycles. The van der Waals surface area contributed by atoms with E-state index < -0.39 is 11.9 Å². The summed E-state index contributed by atoms with van der Waals surface area (Å²) in [7, 11) is 0. The molecule has 1 aliphatic carbocycles. The van der Waals surface area contributed by atoms with Gasteiger partial charge in [0, 0.05) is 11.6 Å². The average molecular weight is 266 g/mol. The molecule has 0 aliphatic heterocycles. The topological polar surface area (TPSA) is 29.5 Å². The molecule has 1 N–H and O–H groups in total. The molecule has 1 fully saturated rings. The standard InChI is InChI=1S/C16H23FO2/c1-10-6-11(2)8-14(7-10)19-13-4-5-15(12(3)18)16(17)9-13/h4-5,9-12,14,18H,6-8H2,1-3H3. The van der Waals surface area contributed by atoms with Gasteiger partial charge in [0.25, 0.3) is 0 Å². The Hall–Kier alpha value is -1.09. The molecule has 0 heterocycles. The second-order valence-corrected chi connectivity index (χ2v) is 6.02. The van der Waals surface area contributed by atoms with Crippen molar-refractivity contribution in [2.45, 2.75) is 52.2 Å². The molecule has 1 saturated carbocycles. The van der Waals surface area contributed by atoms with Gasteiger partial charge < -0.3 is 9.84 Å². The van der Waals surface area contributed by atoms with Crippen LogP contribution in [0.15, 0.2) is 18.2 Å². The van der Waals surface area contributed by atoms with E-state index in [1.165, 1.54) is 12.5 Å². The number of rotatable bonds is 3. The molecule has 1 aromatic rings. The quantitative estimate of drug-likeness (QED) is 0.893. The summed E-state index contributed by atoms with van der Waals surface area (Å²) in [5, 5.41) is 9.41. The molecule has 0 amide bonds. The van der Waals surface area contributed by atoms with Crippen LogP contribution in [0.3, 0.4) is 0 Å². The molecule has 0 radical (unpaired) electrons. The van der Waals surface area contributed by atoms with Gasteiger partial charge in [0.05, 0.1) is 12.2 Å². The average Bonchev–Trinajstić information content (AvgIpc) is 2.26. The van der Waals surface area contributed by atoms with Crippen molar-refractivity contribution in [2.24, 2.45) is 11.8 Å². The molecule has 0 saturated heterocycles. The molecule has 2 rings (SSSR count). The predicted molar refractivity (Wildman–Crippen MR) is 73.6 cm³/mol. The van der Waals surface area contributed by atoms with Crippen molar-refractivity contribution >= 4 is 0 Å². The number of aliphatic hydroxyl groups is 1. The SMILES string of the molecule is CC1CC(C)CC(Oc2ccc(C(C)O)c(F)c2)C1. The van der Waals surface area contributed by atoms with E-state index in [4.69, 9.17) is 4.74 Å². The highest BCUT2D eigenvalue weighted by atomic mass is 19.1. The Morgan fingerprint density at radius 1 is 1.21 bits per heavy atom. The van der Waals surface area contributed by atoms with E-state index in [0.717, 1.165) is 12.8 Å². The van der Waals surface area contributed by atoms with Crippen molar-refractivity contribution in [2.75, 3.05) is 0 Å². The number of aliphatic hydroxyl groups excluding tert-OH is 1. The van der Waals surface area contributed by atoms with E-state index in [1.54, 1.807) is 19.1 Å². The van der Waals surface area contributed by atoms with Crippen LogP contribution in [-0.4, -0.2) is 11.2 Å². The number of halogens is 1. The van der Waals surface area contributed by atoms with Crippen molar-refractivity contribution in [3.8, 4) is 5.75 Å². The minimum absolute atomic E-state index is 0.176. The van der Waals surface area contributed by atoms with E-state index in [2.05, 4.69) is 13.8 Å². The Bertz CT molecular complexity index is 421. The zero-order chi connectivity index (χ0) is 14.0. The smallest absolute Gasteiger partial charge is 0.132 e. The lowest BCUT2D eigenvalue weighted by atomic mass is 9.82.